The third-order valence-corrected chi connectivity index (χ3v) is 7.00. The van der Waals surface area contributed by atoms with Gasteiger partial charge < -0.3 is 10.2 Å². The lowest BCUT2D eigenvalue weighted by Crippen LogP contribution is -2.81. The zero-order chi connectivity index (χ0) is 7.62. The molecule has 2 N–H and O–H groups in total. The fourth-order valence-corrected chi connectivity index (χ4v) is 7.40. The van der Waals surface area contributed by atoms with E-state index in [9.17, 15) is 10.2 Å². The van der Waals surface area contributed by atoms with Crippen molar-refractivity contribution in [2.45, 2.75) is 12.2 Å². The van der Waals surface area contributed by atoms with Crippen molar-refractivity contribution in [1.29, 1.82) is 0 Å². The molecule has 0 heterocycles. The van der Waals surface area contributed by atoms with Gasteiger partial charge in [0.15, 0.2) is 0 Å². The lowest BCUT2D eigenvalue weighted by molar-refractivity contribution is -0.380. The molecule has 2 heteroatoms. The van der Waals surface area contributed by atoms with Crippen LogP contribution in [-0.2, 0) is 0 Å². The highest BCUT2D eigenvalue weighted by Crippen LogP contribution is 3.15. The molecule has 10 atom stereocenters. The fourth-order valence-electron chi connectivity index (χ4n) is 7.40. The van der Waals surface area contributed by atoms with Crippen LogP contribution in [0.5, 0.6) is 0 Å². The van der Waals surface area contributed by atoms with E-state index in [-0.39, 0.29) is 12.2 Å². The SMILES string of the molecule is O[C@@H]1[C@@H]2[C@@H]3[C@@H]4[C@@H]2[C@]25[C@@H]1[C@H]3[C@]42[C@H]5O. The Balaban J connectivity index is 1.80. The zero-order valence-corrected chi connectivity index (χ0v) is 6.51. The molecular formula is C10H10O2. The first-order valence-electron chi connectivity index (χ1n) is 5.17. The minimum Gasteiger partial charge on any atom is -0.392 e. The van der Waals surface area contributed by atoms with Crippen molar-refractivity contribution in [2.24, 2.45) is 46.3 Å². The van der Waals surface area contributed by atoms with Crippen molar-refractivity contribution in [3.05, 3.63) is 0 Å². The van der Waals surface area contributed by atoms with E-state index < -0.39 is 0 Å². The van der Waals surface area contributed by atoms with Gasteiger partial charge in [0.2, 0.25) is 0 Å². The molecule has 0 saturated heterocycles. The van der Waals surface area contributed by atoms with Gasteiger partial charge >= 0.3 is 0 Å². The van der Waals surface area contributed by atoms with E-state index in [4.69, 9.17) is 0 Å². The topological polar surface area (TPSA) is 40.5 Å². The Morgan fingerprint density at radius 2 is 1.33 bits per heavy atom. The molecule has 7 aliphatic carbocycles. The summed E-state index contributed by atoms with van der Waals surface area (Å²) in [6.45, 7) is 0. The van der Waals surface area contributed by atoms with Crippen LogP contribution in [0.3, 0.4) is 0 Å². The highest BCUT2D eigenvalue weighted by Gasteiger charge is 3.17. The molecule has 0 unspecified atom stereocenters. The Hall–Kier alpha value is -0.0800. The van der Waals surface area contributed by atoms with Crippen LogP contribution in [0.2, 0.25) is 0 Å². The average Bonchev–Trinajstić information content (AvgIpc) is 2.45. The Labute approximate surface area is 69.6 Å². The minimum absolute atomic E-state index is 0.00553. The quantitative estimate of drug-likeness (QED) is 0.502. The second-order valence-electron chi connectivity index (χ2n) is 6.02. The number of rotatable bonds is 0. The molecule has 0 amide bonds. The lowest BCUT2D eigenvalue weighted by Gasteiger charge is -2.82. The van der Waals surface area contributed by atoms with Crippen LogP contribution in [-0.4, -0.2) is 22.4 Å². The molecule has 0 aromatic carbocycles. The van der Waals surface area contributed by atoms with Gasteiger partial charge in [-0.3, -0.25) is 0 Å². The third-order valence-electron chi connectivity index (χ3n) is 7.00. The summed E-state index contributed by atoms with van der Waals surface area (Å²) < 4.78 is 0. The fraction of sp³-hybridized carbons (Fsp3) is 1.00. The molecule has 2 nitrogen and oxygen atoms in total. The molecule has 62 valence electrons. The van der Waals surface area contributed by atoms with E-state index in [1.807, 2.05) is 0 Å². The van der Waals surface area contributed by atoms with Gasteiger partial charge in [0.05, 0.1) is 12.2 Å². The summed E-state index contributed by atoms with van der Waals surface area (Å²) >= 11 is 0. The van der Waals surface area contributed by atoms with Gasteiger partial charge in [-0.1, -0.05) is 0 Å². The summed E-state index contributed by atoms with van der Waals surface area (Å²) in [4.78, 5) is 0. The molecule has 7 rings (SSSR count). The van der Waals surface area contributed by atoms with Crippen LogP contribution in [0.1, 0.15) is 0 Å². The largest absolute Gasteiger partial charge is 0.392 e. The van der Waals surface area contributed by atoms with Crippen molar-refractivity contribution < 1.29 is 10.2 Å². The van der Waals surface area contributed by atoms with E-state index in [1.54, 1.807) is 0 Å². The molecule has 0 aromatic rings. The van der Waals surface area contributed by atoms with E-state index in [2.05, 4.69) is 0 Å². The van der Waals surface area contributed by atoms with E-state index in [0.29, 0.717) is 22.7 Å². The highest BCUT2D eigenvalue weighted by atomic mass is 16.3. The molecule has 2 bridgehead atoms. The molecule has 7 saturated carbocycles. The van der Waals surface area contributed by atoms with Gasteiger partial charge in [-0.15, -0.1) is 0 Å². The molecule has 7 fully saturated rings. The Kier molecular flexibility index (Phi) is 0.345. The van der Waals surface area contributed by atoms with Crippen molar-refractivity contribution in [2.75, 3.05) is 0 Å². The Morgan fingerprint density at radius 3 is 1.92 bits per heavy atom. The van der Waals surface area contributed by atoms with Crippen LogP contribution in [0.25, 0.3) is 0 Å². The zero-order valence-electron chi connectivity index (χ0n) is 6.51. The van der Waals surface area contributed by atoms with Crippen LogP contribution in [0, 0.1) is 46.3 Å². The smallest absolute Gasteiger partial charge is 0.0678 e. The van der Waals surface area contributed by atoms with Gasteiger partial charge in [0, 0.05) is 10.8 Å². The van der Waals surface area contributed by atoms with E-state index in [0.717, 1.165) is 23.7 Å². The van der Waals surface area contributed by atoms with Crippen molar-refractivity contribution in [1.82, 2.24) is 0 Å². The standard InChI is InChI=1S/C10H10O2/c11-7-2-1-3-5(2)10-6(7)4(1)9(3,10)8(10)12/h1-8,11-12H/t1-,2-,3-,4+,5-,6-,7-,8-,9+,10-/m1/s1. The molecule has 0 radical (unpaired) electrons. The van der Waals surface area contributed by atoms with Gasteiger partial charge in [-0.05, 0) is 35.5 Å². The highest BCUT2D eigenvalue weighted by molar-refractivity contribution is 5.63. The van der Waals surface area contributed by atoms with Gasteiger partial charge in [0.25, 0.3) is 0 Å². The molecular weight excluding hydrogens is 152 g/mol. The number of hydrogen-bond acceptors (Lipinski definition) is 2. The molecule has 0 aromatic heterocycles. The summed E-state index contributed by atoms with van der Waals surface area (Å²) in [6.07, 6.45) is 0.0161. The molecule has 7 aliphatic rings. The summed E-state index contributed by atoms with van der Waals surface area (Å²) in [5.41, 5.74) is 0.752. The van der Waals surface area contributed by atoms with Crippen LogP contribution in [0.4, 0.5) is 0 Å². The lowest BCUT2D eigenvalue weighted by atomic mass is 9.20. The minimum atomic E-state index is -0.00553. The summed E-state index contributed by atoms with van der Waals surface area (Å²) in [5, 5.41) is 19.9. The van der Waals surface area contributed by atoms with Crippen molar-refractivity contribution in [3.63, 3.8) is 0 Å². The van der Waals surface area contributed by atoms with Crippen LogP contribution < -0.4 is 0 Å². The summed E-state index contributed by atoms with van der Waals surface area (Å²) in [6, 6.07) is 0. The van der Waals surface area contributed by atoms with Crippen molar-refractivity contribution in [3.8, 4) is 0 Å². The van der Waals surface area contributed by atoms with Crippen LogP contribution >= 0.6 is 0 Å². The molecule has 12 heavy (non-hydrogen) atoms. The van der Waals surface area contributed by atoms with E-state index in [1.165, 1.54) is 0 Å². The van der Waals surface area contributed by atoms with Gasteiger partial charge in [0.1, 0.15) is 0 Å². The maximum atomic E-state index is 9.95. The summed E-state index contributed by atoms with van der Waals surface area (Å²) in [7, 11) is 0. The maximum Gasteiger partial charge on any atom is 0.0678 e. The number of aliphatic hydroxyl groups excluding tert-OH is 2. The van der Waals surface area contributed by atoms with Crippen LogP contribution in [0.15, 0.2) is 0 Å². The number of aliphatic hydroxyl groups is 2. The predicted octanol–water partition coefficient (Wildman–Crippen LogP) is -0.540. The molecule has 0 aliphatic heterocycles. The maximum absolute atomic E-state index is 9.95. The monoisotopic (exact) mass is 162 g/mol. The third kappa shape index (κ3) is 0.141. The summed E-state index contributed by atoms with van der Waals surface area (Å²) in [5.74, 6) is 4.51. The second kappa shape index (κ2) is 0.833. The first-order chi connectivity index (χ1) is 5.80. The number of hydrogen-bond donors (Lipinski definition) is 2. The first kappa shape index (κ1) is 4.97. The van der Waals surface area contributed by atoms with Crippen molar-refractivity contribution >= 4 is 0 Å². The Morgan fingerprint density at radius 1 is 0.750 bits per heavy atom. The Bertz CT molecular complexity index is 372. The normalized spacial score (nSPS) is 104. The molecule has 2 spiro atoms. The van der Waals surface area contributed by atoms with Gasteiger partial charge in [-0.25, -0.2) is 0 Å². The van der Waals surface area contributed by atoms with Gasteiger partial charge in [-0.2, -0.15) is 0 Å². The van der Waals surface area contributed by atoms with E-state index >= 15 is 0 Å². The second-order valence-corrected chi connectivity index (χ2v) is 6.02. The average molecular weight is 162 g/mol. The predicted molar refractivity (Wildman–Crippen MR) is 37.8 cm³/mol. The first-order valence-corrected chi connectivity index (χ1v) is 5.17.